The minimum Gasteiger partial charge on any atom is -0.493 e. The molecule has 0 fully saturated rings. The van der Waals surface area contributed by atoms with Crippen molar-refractivity contribution in [1.29, 1.82) is 0 Å². The number of unbranched alkanes of at least 4 members (excludes halogenated alkanes) is 2. The number of hydrogen-bond acceptors (Lipinski definition) is 11. The summed E-state index contributed by atoms with van der Waals surface area (Å²) in [6.07, 6.45) is 2.71. The van der Waals surface area contributed by atoms with Crippen LogP contribution < -0.4 is 14.4 Å². The van der Waals surface area contributed by atoms with Crippen molar-refractivity contribution in [1.82, 2.24) is 0 Å². The molecule has 0 amide bonds. The highest BCUT2D eigenvalue weighted by molar-refractivity contribution is 5.67. The SMILES string of the molecule is CC(=O)OCCCCOc1cc(OCCCCOC(C)=O)cc(N(CCOC(C)=O)CCOC(C)=O)c1. The molecule has 0 aliphatic carbocycles. The zero-order valence-corrected chi connectivity index (χ0v) is 22.2. The Morgan fingerprint density at radius 3 is 1.27 bits per heavy atom. The van der Waals surface area contributed by atoms with Crippen LogP contribution in [0.1, 0.15) is 53.4 Å². The highest BCUT2D eigenvalue weighted by Crippen LogP contribution is 2.29. The lowest BCUT2D eigenvalue weighted by Crippen LogP contribution is -2.32. The van der Waals surface area contributed by atoms with Gasteiger partial charge < -0.3 is 33.3 Å². The number of rotatable bonds is 19. The van der Waals surface area contributed by atoms with E-state index >= 15 is 0 Å². The van der Waals surface area contributed by atoms with E-state index in [2.05, 4.69) is 0 Å². The molecule has 0 aliphatic rings. The quantitative estimate of drug-likeness (QED) is 0.150. The number of carbonyl (C=O) groups is 4. The molecule has 0 bridgehead atoms. The Morgan fingerprint density at radius 1 is 0.541 bits per heavy atom. The Morgan fingerprint density at radius 2 is 0.892 bits per heavy atom. The molecular weight excluding hydrogens is 486 g/mol. The van der Waals surface area contributed by atoms with Crippen LogP contribution in [0.2, 0.25) is 0 Å². The van der Waals surface area contributed by atoms with Crippen molar-refractivity contribution >= 4 is 29.6 Å². The summed E-state index contributed by atoms with van der Waals surface area (Å²) >= 11 is 0. The highest BCUT2D eigenvalue weighted by atomic mass is 16.5. The molecule has 0 atom stereocenters. The van der Waals surface area contributed by atoms with Gasteiger partial charge in [0.05, 0.1) is 39.5 Å². The van der Waals surface area contributed by atoms with E-state index in [1.165, 1.54) is 27.7 Å². The van der Waals surface area contributed by atoms with Crippen molar-refractivity contribution in [2.24, 2.45) is 0 Å². The van der Waals surface area contributed by atoms with Gasteiger partial charge in [0.25, 0.3) is 0 Å². The predicted molar refractivity (Wildman–Crippen MR) is 135 cm³/mol. The summed E-state index contributed by atoms with van der Waals surface area (Å²) < 4.78 is 31.9. The molecule has 11 nitrogen and oxygen atoms in total. The minimum absolute atomic E-state index is 0.156. The first kappa shape index (κ1) is 31.5. The van der Waals surface area contributed by atoms with Gasteiger partial charge in [0.15, 0.2) is 0 Å². The number of ether oxygens (including phenoxy) is 6. The van der Waals surface area contributed by atoms with Crippen LogP contribution in [-0.4, -0.2) is 76.6 Å². The maximum Gasteiger partial charge on any atom is 0.302 e. The van der Waals surface area contributed by atoms with Gasteiger partial charge in [0.1, 0.15) is 24.7 Å². The van der Waals surface area contributed by atoms with Crippen LogP contribution in [0.5, 0.6) is 11.5 Å². The second-order valence-corrected chi connectivity index (χ2v) is 8.12. The molecule has 37 heavy (non-hydrogen) atoms. The fraction of sp³-hybridized carbons (Fsp3) is 0.615. The predicted octanol–water partition coefficient (Wildman–Crippen LogP) is 3.06. The second-order valence-electron chi connectivity index (χ2n) is 8.12. The van der Waals surface area contributed by atoms with Crippen molar-refractivity contribution in [3.63, 3.8) is 0 Å². The van der Waals surface area contributed by atoms with Crippen molar-refractivity contribution < 1.29 is 47.6 Å². The van der Waals surface area contributed by atoms with Gasteiger partial charge in [-0.3, -0.25) is 19.2 Å². The summed E-state index contributed by atoms with van der Waals surface area (Å²) in [4.78, 5) is 46.1. The van der Waals surface area contributed by atoms with Crippen LogP contribution in [-0.2, 0) is 38.1 Å². The number of benzene rings is 1. The molecule has 0 N–H and O–H groups in total. The Balaban J connectivity index is 2.89. The van der Waals surface area contributed by atoms with Gasteiger partial charge in [0, 0.05) is 51.6 Å². The van der Waals surface area contributed by atoms with Crippen LogP contribution in [0.4, 0.5) is 5.69 Å². The lowest BCUT2D eigenvalue weighted by Gasteiger charge is -2.25. The fourth-order valence-corrected chi connectivity index (χ4v) is 3.10. The van der Waals surface area contributed by atoms with Crippen LogP contribution >= 0.6 is 0 Å². The first-order valence-electron chi connectivity index (χ1n) is 12.4. The van der Waals surface area contributed by atoms with E-state index in [9.17, 15) is 19.2 Å². The smallest absolute Gasteiger partial charge is 0.302 e. The fourth-order valence-electron chi connectivity index (χ4n) is 3.10. The molecule has 1 rings (SSSR count). The molecule has 0 aromatic heterocycles. The molecule has 1 aromatic carbocycles. The Labute approximate surface area is 218 Å². The van der Waals surface area contributed by atoms with Crippen LogP contribution in [0, 0.1) is 0 Å². The maximum atomic E-state index is 11.2. The van der Waals surface area contributed by atoms with E-state index < -0.39 is 0 Å². The van der Waals surface area contributed by atoms with Crippen molar-refractivity contribution in [3.8, 4) is 11.5 Å². The normalized spacial score (nSPS) is 10.3. The van der Waals surface area contributed by atoms with Gasteiger partial charge in [-0.15, -0.1) is 0 Å². The molecule has 208 valence electrons. The van der Waals surface area contributed by atoms with Crippen LogP contribution in [0.15, 0.2) is 18.2 Å². The van der Waals surface area contributed by atoms with Crippen LogP contribution in [0.25, 0.3) is 0 Å². The zero-order chi connectivity index (χ0) is 27.5. The summed E-state index contributed by atoms with van der Waals surface area (Å²) in [5, 5.41) is 0. The maximum absolute atomic E-state index is 11.2. The average molecular weight is 526 g/mol. The summed E-state index contributed by atoms with van der Waals surface area (Å²) in [5.74, 6) is -0.251. The van der Waals surface area contributed by atoms with Gasteiger partial charge in [0.2, 0.25) is 0 Å². The van der Waals surface area contributed by atoms with Gasteiger partial charge in [-0.05, 0) is 25.7 Å². The van der Waals surface area contributed by atoms with Gasteiger partial charge in [-0.25, -0.2) is 0 Å². The largest absolute Gasteiger partial charge is 0.493 e. The Bertz CT molecular complexity index is 794. The monoisotopic (exact) mass is 525 g/mol. The van der Waals surface area contributed by atoms with Crippen LogP contribution in [0.3, 0.4) is 0 Å². The number of esters is 4. The third-order valence-corrected chi connectivity index (χ3v) is 4.79. The zero-order valence-electron chi connectivity index (χ0n) is 22.2. The summed E-state index contributed by atoms with van der Waals surface area (Å²) in [6, 6.07) is 5.44. The van der Waals surface area contributed by atoms with Crippen molar-refractivity contribution in [2.75, 3.05) is 57.6 Å². The lowest BCUT2D eigenvalue weighted by molar-refractivity contribution is -0.142. The topological polar surface area (TPSA) is 127 Å². The minimum atomic E-state index is -0.386. The molecular formula is C26H39NO10. The van der Waals surface area contributed by atoms with E-state index in [0.29, 0.717) is 76.7 Å². The summed E-state index contributed by atoms with van der Waals surface area (Å²) in [6.45, 7) is 7.96. The number of carbonyl (C=O) groups excluding carboxylic acids is 4. The molecule has 0 aliphatic heterocycles. The highest BCUT2D eigenvalue weighted by Gasteiger charge is 2.13. The van der Waals surface area contributed by atoms with E-state index in [0.717, 1.165) is 5.69 Å². The van der Waals surface area contributed by atoms with E-state index in [4.69, 9.17) is 28.4 Å². The van der Waals surface area contributed by atoms with Gasteiger partial charge >= 0.3 is 23.9 Å². The van der Waals surface area contributed by atoms with E-state index in [1.54, 1.807) is 6.07 Å². The van der Waals surface area contributed by atoms with Gasteiger partial charge in [-0.1, -0.05) is 0 Å². The Kier molecular flexibility index (Phi) is 16.0. The first-order chi connectivity index (χ1) is 17.7. The Hall–Kier alpha value is -3.50. The molecule has 0 spiro atoms. The third-order valence-electron chi connectivity index (χ3n) is 4.79. The van der Waals surface area contributed by atoms with Crippen molar-refractivity contribution in [2.45, 2.75) is 53.4 Å². The molecule has 0 heterocycles. The average Bonchev–Trinajstić information content (AvgIpc) is 2.81. The molecule has 0 unspecified atom stereocenters. The molecule has 1 aromatic rings. The third kappa shape index (κ3) is 16.7. The number of nitrogens with zero attached hydrogens (tertiary/aromatic N) is 1. The van der Waals surface area contributed by atoms with E-state index in [1.807, 2.05) is 17.0 Å². The van der Waals surface area contributed by atoms with Crippen molar-refractivity contribution in [3.05, 3.63) is 18.2 Å². The second kappa shape index (κ2) is 18.7. The molecule has 11 heteroatoms. The molecule has 0 radical (unpaired) electrons. The van der Waals surface area contributed by atoms with Gasteiger partial charge in [-0.2, -0.15) is 0 Å². The molecule has 0 saturated carbocycles. The standard InChI is InChI=1S/C26H39NO10/c1-20(28)32-11-5-7-13-36-25-17-24(18-26(19-25)37-14-8-6-12-33-21(2)29)27(9-15-34-22(3)30)10-16-35-23(4)31/h17-19H,5-16H2,1-4H3. The number of hydrogen-bond donors (Lipinski definition) is 0. The first-order valence-corrected chi connectivity index (χ1v) is 12.4. The number of anilines is 1. The van der Waals surface area contributed by atoms with E-state index in [-0.39, 0.29) is 37.1 Å². The summed E-state index contributed by atoms with van der Waals surface area (Å²) in [5.41, 5.74) is 0.742. The summed E-state index contributed by atoms with van der Waals surface area (Å²) in [7, 11) is 0. The molecule has 0 saturated heterocycles. The lowest BCUT2D eigenvalue weighted by atomic mass is 10.2.